The number of carbonyl (C=O) groups is 1. The molecule has 3 aromatic rings. The molecule has 2 aromatic heterocycles. The molecule has 1 saturated carbocycles. The first-order valence-electron chi connectivity index (χ1n) is 10.4. The van der Waals surface area contributed by atoms with Crippen molar-refractivity contribution < 1.29 is 9.21 Å². The number of rotatable bonds is 3. The van der Waals surface area contributed by atoms with Crippen molar-refractivity contribution in [1.82, 2.24) is 24.9 Å². The van der Waals surface area contributed by atoms with Gasteiger partial charge in [0.15, 0.2) is 0 Å². The predicted octanol–water partition coefficient (Wildman–Crippen LogP) is 4.02. The highest BCUT2D eigenvalue weighted by molar-refractivity contribution is 5.92. The summed E-state index contributed by atoms with van der Waals surface area (Å²) in [4.78, 5) is 15.3. The first kappa shape index (κ1) is 18.8. The molecule has 2 bridgehead atoms. The maximum Gasteiger partial charge on any atom is 0.323 e. The molecule has 3 atom stereocenters. The molecule has 0 radical (unpaired) electrons. The van der Waals surface area contributed by atoms with Gasteiger partial charge in [0.1, 0.15) is 5.54 Å². The second kappa shape index (κ2) is 6.68. The summed E-state index contributed by atoms with van der Waals surface area (Å²) in [5.41, 5.74) is 3.26. The number of anilines is 1. The molecule has 1 aliphatic heterocycles. The van der Waals surface area contributed by atoms with Crippen molar-refractivity contribution in [1.29, 1.82) is 0 Å². The zero-order chi connectivity index (χ0) is 21.0. The van der Waals surface area contributed by atoms with Gasteiger partial charge in [-0.2, -0.15) is 5.10 Å². The van der Waals surface area contributed by atoms with Gasteiger partial charge in [-0.1, -0.05) is 13.0 Å². The molecular formula is C22H26N6O2. The minimum absolute atomic E-state index is 0.121. The van der Waals surface area contributed by atoms with Crippen LogP contribution in [0.3, 0.4) is 0 Å². The highest BCUT2D eigenvalue weighted by atomic mass is 16.4. The van der Waals surface area contributed by atoms with Crippen LogP contribution in [0.25, 0.3) is 11.3 Å². The van der Waals surface area contributed by atoms with Crippen LogP contribution in [-0.2, 0) is 12.6 Å². The Bertz CT molecular complexity index is 1120. The Balaban J connectivity index is 1.43. The lowest BCUT2D eigenvalue weighted by molar-refractivity contribution is -0.110. The average Bonchev–Trinajstić information content (AvgIpc) is 3.31. The molecular weight excluding hydrogens is 380 g/mol. The largest absolute Gasteiger partial charge is 0.423 e. The highest BCUT2D eigenvalue weighted by Gasteiger charge is 2.62. The molecule has 1 saturated heterocycles. The van der Waals surface area contributed by atoms with E-state index in [9.17, 15) is 4.79 Å². The number of hydrogen-bond acceptors (Lipinski definition) is 5. The number of hydrogen-bond donors (Lipinski definition) is 1. The van der Waals surface area contributed by atoms with Crippen LogP contribution >= 0.6 is 0 Å². The third-order valence-electron chi connectivity index (χ3n) is 6.38. The van der Waals surface area contributed by atoms with Gasteiger partial charge in [-0.25, -0.2) is 4.79 Å². The standard InChI is InChI=1S/C22H26N6O2/c1-13-9-17-12-22(11-13,20-25-24-15(3)30-20)28(17)21(29)23-16-6-5-14(2)18(10-16)19-7-8-27(4)26-19/h5-8,10,13,17H,9,11-12H2,1-4H3,(H,23,29)/t13-,17?,22?/m1/s1. The van der Waals surface area contributed by atoms with E-state index in [-0.39, 0.29) is 12.1 Å². The van der Waals surface area contributed by atoms with Crippen LogP contribution < -0.4 is 5.32 Å². The van der Waals surface area contributed by atoms with Gasteiger partial charge < -0.3 is 14.6 Å². The Morgan fingerprint density at radius 1 is 1.23 bits per heavy atom. The van der Waals surface area contributed by atoms with Gasteiger partial charge >= 0.3 is 6.03 Å². The number of aryl methyl sites for hydroxylation is 3. The van der Waals surface area contributed by atoms with E-state index in [0.717, 1.165) is 41.8 Å². The number of benzene rings is 1. The minimum Gasteiger partial charge on any atom is -0.423 e. The van der Waals surface area contributed by atoms with Crippen molar-refractivity contribution >= 4 is 11.7 Å². The first-order valence-corrected chi connectivity index (χ1v) is 10.4. The normalized spacial score (nSPS) is 25.1. The molecule has 1 N–H and O–H groups in total. The summed E-state index contributed by atoms with van der Waals surface area (Å²) < 4.78 is 7.56. The molecule has 3 heterocycles. The molecule has 30 heavy (non-hydrogen) atoms. The third kappa shape index (κ3) is 2.89. The second-order valence-electron chi connectivity index (χ2n) is 8.77. The van der Waals surface area contributed by atoms with Crippen molar-refractivity contribution in [2.24, 2.45) is 13.0 Å². The molecule has 1 aromatic carbocycles. The third-order valence-corrected chi connectivity index (χ3v) is 6.38. The summed E-state index contributed by atoms with van der Waals surface area (Å²) in [6.45, 7) is 6.05. The Labute approximate surface area is 175 Å². The average molecular weight is 406 g/mol. The highest BCUT2D eigenvalue weighted by Crippen LogP contribution is 2.55. The van der Waals surface area contributed by atoms with Crippen LogP contribution in [0.15, 0.2) is 34.9 Å². The zero-order valence-corrected chi connectivity index (χ0v) is 17.7. The van der Waals surface area contributed by atoms with Crippen molar-refractivity contribution in [3.05, 3.63) is 47.8 Å². The van der Waals surface area contributed by atoms with E-state index in [2.05, 4.69) is 27.5 Å². The minimum atomic E-state index is -0.498. The number of urea groups is 1. The second-order valence-corrected chi connectivity index (χ2v) is 8.77. The van der Waals surface area contributed by atoms with Crippen LogP contribution in [-0.4, -0.2) is 37.0 Å². The van der Waals surface area contributed by atoms with E-state index in [1.807, 2.05) is 49.3 Å². The van der Waals surface area contributed by atoms with Crippen molar-refractivity contribution in [3.8, 4) is 11.3 Å². The van der Waals surface area contributed by atoms with Crippen LogP contribution in [0.1, 0.15) is 43.5 Å². The fourth-order valence-electron chi connectivity index (χ4n) is 5.15. The number of likely N-dealkylation sites (tertiary alicyclic amines) is 1. The molecule has 2 fully saturated rings. The molecule has 2 aliphatic rings. The van der Waals surface area contributed by atoms with Gasteiger partial charge in [0.05, 0.1) is 5.69 Å². The fraction of sp³-hybridized carbons (Fsp3) is 0.455. The van der Waals surface area contributed by atoms with E-state index in [1.54, 1.807) is 11.6 Å². The molecule has 8 nitrogen and oxygen atoms in total. The lowest BCUT2D eigenvalue weighted by atomic mass is 9.64. The smallest absolute Gasteiger partial charge is 0.323 e. The van der Waals surface area contributed by atoms with Crippen molar-refractivity contribution in [2.45, 2.75) is 51.6 Å². The van der Waals surface area contributed by atoms with Crippen molar-refractivity contribution in [3.63, 3.8) is 0 Å². The number of fused-ring (bicyclic) bond motifs is 2. The number of aromatic nitrogens is 4. The maximum absolute atomic E-state index is 13.3. The lowest BCUT2D eigenvalue weighted by Crippen LogP contribution is -2.70. The maximum atomic E-state index is 13.3. The van der Waals surface area contributed by atoms with E-state index in [1.165, 1.54) is 0 Å². The van der Waals surface area contributed by atoms with Crippen LogP contribution in [0.2, 0.25) is 0 Å². The Morgan fingerprint density at radius 2 is 2.07 bits per heavy atom. The Hall–Kier alpha value is -3.16. The van der Waals surface area contributed by atoms with Gasteiger partial charge in [0, 0.05) is 43.9 Å². The molecule has 1 aliphatic carbocycles. The molecule has 0 spiro atoms. The molecule has 8 heteroatoms. The summed E-state index contributed by atoms with van der Waals surface area (Å²) in [6.07, 6.45) is 4.62. The van der Waals surface area contributed by atoms with E-state index in [0.29, 0.717) is 17.7 Å². The number of piperidine rings is 1. The van der Waals surface area contributed by atoms with E-state index in [4.69, 9.17) is 4.42 Å². The summed E-state index contributed by atoms with van der Waals surface area (Å²) in [5, 5.41) is 15.9. The van der Waals surface area contributed by atoms with Gasteiger partial charge in [0.2, 0.25) is 11.8 Å². The quantitative estimate of drug-likeness (QED) is 0.710. The van der Waals surface area contributed by atoms with Crippen LogP contribution in [0.4, 0.5) is 10.5 Å². The Kier molecular flexibility index (Phi) is 4.20. The molecule has 2 unspecified atom stereocenters. The monoisotopic (exact) mass is 406 g/mol. The van der Waals surface area contributed by atoms with Crippen molar-refractivity contribution in [2.75, 3.05) is 5.32 Å². The SMILES string of the molecule is Cc1nnc(C23CC(C[C@@H](C)C2)N3C(=O)Nc2ccc(C)c(-c3ccn(C)n3)c2)o1. The summed E-state index contributed by atoms with van der Waals surface area (Å²) >= 11 is 0. The Morgan fingerprint density at radius 3 is 2.77 bits per heavy atom. The fourth-order valence-corrected chi connectivity index (χ4v) is 5.15. The molecule has 156 valence electrons. The summed E-state index contributed by atoms with van der Waals surface area (Å²) in [6, 6.07) is 7.97. The van der Waals surface area contributed by atoms with Gasteiger partial charge in [-0.15, -0.1) is 10.2 Å². The number of nitrogens with one attached hydrogen (secondary N) is 1. The van der Waals surface area contributed by atoms with Crippen LogP contribution in [0.5, 0.6) is 0 Å². The zero-order valence-electron chi connectivity index (χ0n) is 17.7. The topological polar surface area (TPSA) is 89.1 Å². The predicted molar refractivity (Wildman–Crippen MR) is 112 cm³/mol. The number of amides is 2. The van der Waals surface area contributed by atoms with Crippen LogP contribution in [0, 0.1) is 19.8 Å². The summed E-state index contributed by atoms with van der Waals surface area (Å²) in [7, 11) is 1.90. The van der Waals surface area contributed by atoms with E-state index < -0.39 is 5.54 Å². The number of nitrogens with zero attached hydrogens (tertiary/aromatic N) is 5. The molecule has 5 rings (SSSR count). The number of carbonyl (C=O) groups excluding carboxylic acids is 1. The summed E-state index contributed by atoms with van der Waals surface area (Å²) in [5.74, 6) is 1.59. The van der Waals surface area contributed by atoms with Gasteiger partial charge in [-0.3, -0.25) is 4.68 Å². The molecule has 2 amide bonds. The van der Waals surface area contributed by atoms with Gasteiger partial charge in [-0.05, 0) is 49.4 Å². The van der Waals surface area contributed by atoms with Gasteiger partial charge in [0.25, 0.3) is 0 Å². The lowest BCUT2D eigenvalue weighted by Gasteiger charge is -2.61. The van der Waals surface area contributed by atoms with E-state index >= 15 is 0 Å². The first-order chi connectivity index (χ1) is 14.4.